The van der Waals surface area contributed by atoms with Gasteiger partial charge in [0.15, 0.2) is 11.5 Å². The van der Waals surface area contributed by atoms with E-state index < -0.39 is 0 Å². The Morgan fingerprint density at radius 1 is 1.14 bits per heavy atom. The Hall–Kier alpha value is -2.52. The quantitative estimate of drug-likeness (QED) is 0.794. The summed E-state index contributed by atoms with van der Waals surface area (Å²) in [5, 5.41) is 11.5. The van der Waals surface area contributed by atoms with Crippen LogP contribution in [0.25, 0.3) is 0 Å². The number of ether oxygens (including phenoxy) is 3. The number of aliphatic imine (C=N–C) groups is 1. The molecule has 0 saturated carbocycles. The van der Waals surface area contributed by atoms with Gasteiger partial charge in [0.2, 0.25) is 5.75 Å². The third-order valence-corrected chi connectivity index (χ3v) is 3.60. The van der Waals surface area contributed by atoms with Crippen molar-refractivity contribution in [2.45, 2.75) is 0 Å². The zero-order valence-electron chi connectivity index (χ0n) is 11.9. The fourth-order valence-corrected chi connectivity index (χ4v) is 2.48. The predicted octanol–water partition coefficient (Wildman–Crippen LogP) is 3.40. The highest BCUT2D eigenvalue weighted by Crippen LogP contribution is 2.38. The highest BCUT2D eigenvalue weighted by molar-refractivity contribution is 7.14. The predicted molar refractivity (Wildman–Crippen MR) is 82.4 cm³/mol. The zero-order chi connectivity index (χ0) is 15.2. The molecule has 0 bridgehead atoms. The van der Waals surface area contributed by atoms with E-state index in [1.807, 2.05) is 5.38 Å². The van der Waals surface area contributed by atoms with Gasteiger partial charge >= 0.3 is 0 Å². The van der Waals surface area contributed by atoms with E-state index in [-0.39, 0.29) is 0 Å². The van der Waals surface area contributed by atoms with E-state index in [1.54, 1.807) is 45.7 Å². The molecule has 0 N–H and O–H groups in total. The minimum absolute atomic E-state index is 0.533. The Bertz CT molecular complexity index is 676. The number of hydrogen-bond acceptors (Lipinski definition) is 6. The average molecular weight is 302 g/mol. The van der Waals surface area contributed by atoms with Crippen LogP contribution in [0.2, 0.25) is 0 Å². The molecule has 2 aromatic rings. The number of benzene rings is 1. The average Bonchev–Trinajstić information content (AvgIpc) is 2.99. The molecule has 2 rings (SSSR count). The molecule has 0 atom stereocenters. The van der Waals surface area contributed by atoms with Crippen LogP contribution in [0.4, 0.5) is 5.00 Å². The summed E-state index contributed by atoms with van der Waals surface area (Å²) in [4.78, 5) is 4.33. The Labute approximate surface area is 127 Å². The molecule has 6 heteroatoms. The van der Waals surface area contributed by atoms with Crippen LogP contribution < -0.4 is 14.2 Å². The van der Waals surface area contributed by atoms with Crippen molar-refractivity contribution < 1.29 is 14.2 Å². The molecule has 0 aliphatic rings. The zero-order valence-corrected chi connectivity index (χ0v) is 12.7. The third kappa shape index (κ3) is 3.15. The fourth-order valence-electron chi connectivity index (χ4n) is 1.80. The lowest BCUT2D eigenvalue weighted by Crippen LogP contribution is -1.96. The summed E-state index contributed by atoms with van der Waals surface area (Å²) in [6.45, 7) is 0. The SMILES string of the molecule is COc1cc(C=Nc2sccc2C#N)cc(OC)c1OC. The molecular weight excluding hydrogens is 288 g/mol. The monoisotopic (exact) mass is 302 g/mol. The minimum Gasteiger partial charge on any atom is -0.493 e. The molecular formula is C15H14N2O3S. The van der Waals surface area contributed by atoms with E-state index in [4.69, 9.17) is 19.5 Å². The second-order valence-corrected chi connectivity index (χ2v) is 4.86. The van der Waals surface area contributed by atoms with Gasteiger partial charge in [0.1, 0.15) is 11.1 Å². The first kappa shape index (κ1) is 14.9. The van der Waals surface area contributed by atoms with E-state index in [9.17, 15) is 0 Å². The highest BCUT2D eigenvalue weighted by atomic mass is 32.1. The molecule has 1 heterocycles. The lowest BCUT2D eigenvalue weighted by Gasteiger charge is -2.12. The summed E-state index contributed by atoms with van der Waals surface area (Å²) in [5.41, 5.74) is 1.35. The maximum absolute atomic E-state index is 8.96. The van der Waals surface area contributed by atoms with Gasteiger partial charge in [0, 0.05) is 11.8 Å². The van der Waals surface area contributed by atoms with Crippen LogP contribution in [0.3, 0.4) is 0 Å². The van der Waals surface area contributed by atoms with Crippen LogP contribution in [0.5, 0.6) is 17.2 Å². The van der Waals surface area contributed by atoms with E-state index >= 15 is 0 Å². The van der Waals surface area contributed by atoms with Crippen molar-refractivity contribution in [3.8, 4) is 23.3 Å². The van der Waals surface area contributed by atoms with Gasteiger partial charge in [-0.25, -0.2) is 4.99 Å². The number of thiophene rings is 1. The largest absolute Gasteiger partial charge is 0.493 e. The number of hydrogen-bond donors (Lipinski definition) is 0. The maximum atomic E-state index is 8.96. The minimum atomic E-state index is 0.533. The van der Waals surface area contributed by atoms with Gasteiger partial charge in [-0.05, 0) is 23.6 Å². The first-order chi connectivity index (χ1) is 10.2. The smallest absolute Gasteiger partial charge is 0.203 e. The van der Waals surface area contributed by atoms with Crippen molar-refractivity contribution in [2.75, 3.05) is 21.3 Å². The number of nitrogens with zero attached hydrogens (tertiary/aromatic N) is 2. The van der Waals surface area contributed by atoms with E-state index in [0.717, 1.165) is 5.56 Å². The first-order valence-corrected chi connectivity index (χ1v) is 6.93. The lowest BCUT2D eigenvalue weighted by molar-refractivity contribution is 0.324. The molecule has 0 radical (unpaired) electrons. The molecule has 21 heavy (non-hydrogen) atoms. The van der Waals surface area contributed by atoms with Crippen molar-refractivity contribution in [2.24, 2.45) is 4.99 Å². The topological polar surface area (TPSA) is 63.8 Å². The van der Waals surface area contributed by atoms with Crippen molar-refractivity contribution >= 4 is 22.6 Å². The summed E-state index contributed by atoms with van der Waals surface area (Å²) in [5.74, 6) is 1.65. The second kappa shape index (κ2) is 6.77. The van der Waals surface area contributed by atoms with Gasteiger partial charge in [0.25, 0.3) is 0 Å². The molecule has 5 nitrogen and oxygen atoms in total. The molecule has 0 aliphatic carbocycles. The van der Waals surface area contributed by atoms with E-state index in [2.05, 4.69) is 11.1 Å². The van der Waals surface area contributed by atoms with Gasteiger partial charge in [-0.3, -0.25) is 0 Å². The van der Waals surface area contributed by atoms with Crippen LogP contribution in [-0.4, -0.2) is 27.5 Å². The van der Waals surface area contributed by atoms with Crippen LogP contribution in [-0.2, 0) is 0 Å². The molecule has 0 unspecified atom stereocenters. The summed E-state index contributed by atoms with van der Waals surface area (Å²) in [7, 11) is 4.68. The number of methoxy groups -OCH3 is 3. The van der Waals surface area contributed by atoms with Crippen LogP contribution >= 0.6 is 11.3 Å². The van der Waals surface area contributed by atoms with Gasteiger partial charge in [0.05, 0.1) is 26.9 Å². The normalized spacial score (nSPS) is 10.4. The van der Waals surface area contributed by atoms with Crippen LogP contribution in [0.15, 0.2) is 28.6 Å². The standard InChI is InChI=1S/C15H14N2O3S/c1-18-12-6-10(7-13(19-2)14(12)20-3)9-17-15-11(8-16)4-5-21-15/h4-7,9H,1-3H3. The summed E-state index contributed by atoms with van der Waals surface area (Å²) >= 11 is 1.41. The molecule has 1 aromatic heterocycles. The summed E-state index contributed by atoms with van der Waals surface area (Å²) < 4.78 is 15.8. The number of rotatable bonds is 5. The first-order valence-electron chi connectivity index (χ1n) is 6.05. The summed E-state index contributed by atoms with van der Waals surface area (Å²) in [6.07, 6.45) is 1.66. The molecule has 108 valence electrons. The van der Waals surface area contributed by atoms with Crippen molar-refractivity contribution in [1.82, 2.24) is 0 Å². The van der Waals surface area contributed by atoms with Crippen molar-refractivity contribution in [3.05, 3.63) is 34.7 Å². The molecule has 0 saturated heterocycles. The Morgan fingerprint density at radius 3 is 2.33 bits per heavy atom. The maximum Gasteiger partial charge on any atom is 0.203 e. The highest BCUT2D eigenvalue weighted by Gasteiger charge is 2.12. The second-order valence-electron chi connectivity index (χ2n) is 3.97. The molecule has 0 amide bonds. The van der Waals surface area contributed by atoms with Gasteiger partial charge in [-0.2, -0.15) is 5.26 Å². The molecule has 0 spiro atoms. The summed E-state index contributed by atoms with van der Waals surface area (Å²) in [6, 6.07) is 7.44. The molecule has 1 aromatic carbocycles. The van der Waals surface area contributed by atoms with E-state index in [0.29, 0.717) is 27.8 Å². The van der Waals surface area contributed by atoms with Crippen LogP contribution in [0.1, 0.15) is 11.1 Å². The number of nitriles is 1. The Balaban J connectivity index is 2.39. The van der Waals surface area contributed by atoms with Crippen molar-refractivity contribution in [3.63, 3.8) is 0 Å². The molecule has 0 fully saturated rings. The third-order valence-electron chi connectivity index (χ3n) is 2.78. The lowest BCUT2D eigenvalue weighted by atomic mass is 10.2. The Morgan fingerprint density at radius 2 is 1.81 bits per heavy atom. The van der Waals surface area contributed by atoms with Gasteiger partial charge in [-0.1, -0.05) is 0 Å². The molecule has 0 aliphatic heterocycles. The van der Waals surface area contributed by atoms with Crippen LogP contribution in [0, 0.1) is 11.3 Å². The van der Waals surface area contributed by atoms with E-state index in [1.165, 1.54) is 11.3 Å². The Kier molecular flexibility index (Phi) is 4.80. The van der Waals surface area contributed by atoms with Crippen molar-refractivity contribution in [1.29, 1.82) is 5.26 Å². The van der Waals surface area contributed by atoms with Gasteiger partial charge in [-0.15, -0.1) is 11.3 Å². The van der Waals surface area contributed by atoms with Gasteiger partial charge < -0.3 is 14.2 Å². The fraction of sp³-hybridized carbons (Fsp3) is 0.200.